The minimum absolute atomic E-state index is 0.769. The van der Waals surface area contributed by atoms with Gasteiger partial charge >= 0.3 is 0 Å². The zero-order valence-corrected chi connectivity index (χ0v) is 6.89. The Labute approximate surface area is 67.4 Å². The van der Waals surface area contributed by atoms with Crippen LogP contribution in [0.5, 0.6) is 5.75 Å². The van der Waals surface area contributed by atoms with E-state index in [1.165, 1.54) is 0 Å². The first-order valence-corrected chi connectivity index (χ1v) is 3.93. The maximum absolute atomic E-state index is 5.32. The van der Waals surface area contributed by atoms with Crippen LogP contribution < -0.4 is 4.74 Å². The van der Waals surface area contributed by atoms with E-state index < -0.39 is 0 Å². The largest absolute Gasteiger partial charge is 0.490 e. The van der Waals surface area contributed by atoms with Crippen molar-refractivity contribution >= 4 is 15.9 Å². The van der Waals surface area contributed by atoms with Crippen molar-refractivity contribution in [3.05, 3.63) is 22.4 Å². The molecule has 2 heterocycles. The molecule has 0 fully saturated rings. The number of fused-ring (bicyclic) bond motifs is 1. The molecule has 0 unspecified atom stereocenters. The van der Waals surface area contributed by atoms with Crippen molar-refractivity contribution in [1.82, 2.24) is 4.98 Å². The van der Waals surface area contributed by atoms with Gasteiger partial charge in [-0.15, -0.1) is 0 Å². The predicted octanol–water partition coefficient (Wildman–Crippen LogP) is 1.78. The standard InChI is InChI=1S/C7H6BrNO/c8-5-1-3-9-6-2-4-10-7(5)6/h1,3H,2,4H2. The van der Waals surface area contributed by atoms with Crippen LogP contribution >= 0.6 is 15.9 Å². The summed E-state index contributed by atoms with van der Waals surface area (Å²) in [6.07, 6.45) is 2.73. The first-order valence-electron chi connectivity index (χ1n) is 3.14. The molecule has 0 atom stereocenters. The average molecular weight is 200 g/mol. The number of halogens is 1. The van der Waals surface area contributed by atoms with Gasteiger partial charge in [-0.3, -0.25) is 4.98 Å². The molecule has 0 aromatic carbocycles. The van der Waals surface area contributed by atoms with E-state index in [4.69, 9.17) is 4.74 Å². The highest BCUT2D eigenvalue weighted by atomic mass is 79.9. The van der Waals surface area contributed by atoms with Gasteiger partial charge in [-0.2, -0.15) is 0 Å². The molecule has 1 aromatic heterocycles. The molecule has 0 aliphatic carbocycles. The number of aromatic nitrogens is 1. The summed E-state index contributed by atoms with van der Waals surface area (Å²) in [4.78, 5) is 4.17. The van der Waals surface area contributed by atoms with E-state index in [0.717, 1.165) is 28.9 Å². The fourth-order valence-electron chi connectivity index (χ4n) is 1.04. The van der Waals surface area contributed by atoms with Gasteiger partial charge in [-0.05, 0) is 22.0 Å². The summed E-state index contributed by atoms with van der Waals surface area (Å²) in [6.45, 7) is 0.769. The van der Waals surface area contributed by atoms with E-state index in [1.807, 2.05) is 6.07 Å². The van der Waals surface area contributed by atoms with Crippen molar-refractivity contribution in [2.24, 2.45) is 0 Å². The Hall–Kier alpha value is -0.570. The molecule has 2 nitrogen and oxygen atoms in total. The Morgan fingerprint density at radius 3 is 3.30 bits per heavy atom. The quantitative estimate of drug-likeness (QED) is 0.636. The third-order valence-corrected chi connectivity index (χ3v) is 2.14. The van der Waals surface area contributed by atoms with E-state index in [-0.39, 0.29) is 0 Å². The van der Waals surface area contributed by atoms with Crippen molar-refractivity contribution in [2.75, 3.05) is 6.61 Å². The van der Waals surface area contributed by atoms with Crippen LogP contribution in [0.4, 0.5) is 0 Å². The zero-order valence-electron chi connectivity index (χ0n) is 5.30. The summed E-state index contributed by atoms with van der Waals surface area (Å²) in [5, 5.41) is 0. The predicted molar refractivity (Wildman–Crippen MR) is 41.1 cm³/mol. The van der Waals surface area contributed by atoms with E-state index in [2.05, 4.69) is 20.9 Å². The number of rotatable bonds is 0. The first-order chi connectivity index (χ1) is 4.88. The Morgan fingerprint density at radius 2 is 2.50 bits per heavy atom. The van der Waals surface area contributed by atoms with Crippen LogP contribution in [-0.2, 0) is 6.42 Å². The minimum atomic E-state index is 0.769. The van der Waals surface area contributed by atoms with Crippen LogP contribution in [0, 0.1) is 0 Å². The lowest BCUT2D eigenvalue weighted by Crippen LogP contribution is -1.86. The summed E-state index contributed by atoms with van der Waals surface area (Å²) in [7, 11) is 0. The lowest BCUT2D eigenvalue weighted by atomic mass is 10.3. The number of nitrogens with zero attached hydrogens (tertiary/aromatic N) is 1. The molecule has 1 aliphatic heterocycles. The first kappa shape index (κ1) is 6.16. The fraction of sp³-hybridized carbons (Fsp3) is 0.286. The van der Waals surface area contributed by atoms with Gasteiger partial charge in [0, 0.05) is 12.6 Å². The molecule has 1 aromatic rings. The van der Waals surface area contributed by atoms with Crippen molar-refractivity contribution in [3.8, 4) is 5.75 Å². The Kier molecular flexibility index (Phi) is 1.38. The summed E-state index contributed by atoms with van der Waals surface area (Å²) in [5.41, 5.74) is 1.06. The van der Waals surface area contributed by atoms with E-state index in [0.29, 0.717) is 0 Å². The average Bonchev–Trinajstić information content (AvgIpc) is 2.36. The summed E-state index contributed by atoms with van der Waals surface area (Å²) >= 11 is 3.38. The number of hydrogen-bond donors (Lipinski definition) is 0. The highest BCUT2D eigenvalue weighted by Crippen LogP contribution is 2.31. The normalized spacial score (nSPS) is 14.5. The molecule has 0 spiro atoms. The molecule has 0 N–H and O–H groups in total. The summed E-state index contributed by atoms with van der Waals surface area (Å²) < 4.78 is 6.33. The van der Waals surface area contributed by atoms with Crippen molar-refractivity contribution in [2.45, 2.75) is 6.42 Å². The monoisotopic (exact) mass is 199 g/mol. The van der Waals surface area contributed by atoms with Gasteiger partial charge in [0.05, 0.1) is 16.8 Å². The molecule has 0 amide bonds. The molecular formula is C7H6BrNO. The van der Waals surface area contributed by atoms with Crippen molar-refractivity contribution < 1.29 is 4.74 Å². The smallest absolute Gasteiger partial charge is 0.155 e. The molecule has 1 aliphatic rings. The van der Waals surface area contributed by atoms with Gasteiger partial charge in [-0.1, -0.05) is 0 Å². The van der Waals surface area contributed by atoms with Crippen LogP contribution in [0.1, 0.15) is 5.69 Å². The zero-order chi connectivity index (χ0) is 6.97. The van der Waals surface area contributed by atoms with Crippen LogP contribution in [0.3, 0.4) is 0 Å². The van der Waals surface area contributed by atoms with E-state index in [9.17, 15) is 0 Å². The molecule has 0 radical (unpaired) electrons. The number of pyridine rings is 1. The molecule has 52 valence electrons. The second kappa shape index (κ2) is 2.23. The van der Waals surface area contributed by atoms with Gasteiger partial charge in [0.15, 0.2) is 5.75 Å². The van der Waals surface area contributed by atoms with E-state index in [1.54, 1.807) is 6.20 Å². The lowest BCUT2D eigenvalue weighted by molar-refractivity contribution is 0.355. The van der Waals surface area contributed by atoms with Gasteiger partial charge in [0.1, 0.15) is 0 Å². The third-order valence-electron chi connectivity index (χ3n) is 1.52. The van der Waals surface area contributed by atoms with Crippen LogP contribution in [0.25, 0.3) is 0 Å². The minimum Gasteiger partial charge on any atom is -0.490 e. The second-order valence-corrected chi connectivity index (χ2v) is 3.02. The highest BCUT2D eigenvalue weighted by molar-refractivity contribution is 9.10. The Balaban J connectivity index is 2.59. The third kappa shape index (κ3) is 0.814. The molecule has 10 heavy (non-hydrogen) atoms. The molecule has 0 saturated heterocycles. The molecule has 3 heteroatoms. The number of ether oxygens (including phenoxy) is 1. The number of hydrogen-bond acceptors (Lipinski definition) is 2. The second-order valence-electron chi connectivity index (χ2n) is 2.17. The maximum Gasteiger partial charge on any atom is 0.155 e. The Bertz CT molecular complexity index is 262. The van der Waals surface area contributed by atoms with Crippen LogP contribution in [0.2, 0.25) is 0 Å². The summed E-state index contributed by atoms with van der Waals surface area (Å²) in [6, 6.07) is 1.89. The van der Waals surface area contributed by atoms with Gasteiger partial charge in [0.2, 0.25) is 0 Å². The molecule has 0 saturated carbocycles. The van der Waals surface area contributed by atoms with E-state index >= 15 is 0 Å². The maximum atomic E-state index is 5.32. The molecular weight excluding hydrogens is 194 g/mol. The SMILES string of the molecule is Brc1ccnc2c1OCC2. The lowest BCUT2D eigenvalue weighted by Gasteiger charge is -1.98. The van der Waals surface area contributed by atoms with Crippen LogP contribution in [0.15, 0.2) is 16.7 Å². The van der Waals surface area contributed by atoms with Crippen molar-refractivity contribution in [1.29, 1.82) is 0 Å². The van der Waals surface area contributed by atoms with Gasteiger partial charge < -0.3 is 4.74 Å². The van der Waals surface area contributed by atoms with Crippen molar-refractivity contribution in [3.63, 3.8) is 0 Å². The molecule has 2 rings (SSSR count). The highest BCUT2D eigenvalue weighted by Gasteiger charge is 2.15. The fourth-order valence-corrected chi connectivity index (χ4v) is 1.51. The van der Waals surface area contributed by atoms with Gasteiger partial charge in [0.25, 0.3) is 0 Å². The molecule has 0 bridgehead atoms. The summed E-state index contributed by atoms with van der Waals surface area (Å²) in [5.74, 6) is 0.919. The van der Waals surface area contributed by atoms with Crippen LogP contribution in [-0.4, -0.2) is 11.6 Å². The Morgan fingerprint density at radius 1 is 1.60 bits per heavy atom. The van der Waals surface area contributed by atoms with Gasteiger partial charge in [-0.25, -0.2) is 0 Å². The topological polar surface area (TPSA) is 22.1 Å².